The van der Waals surface area contributed by atoms with Crippen molar-refractivity contribution in [3.8, 4) is 0 Å². The first-order valence-corrected chi connectivity index (χ1v) is 4.79. The molecule has 0 radical (unpaired) electrons. The third kappa shape index (κ3) is 4.78. The second-order valence-electron chi connectivity index (χ2n) is 3.91. The Balaban J connectivity index is 4.13. The molecule has 1 N–H and O–H groups in total. The van der Waals surface area contributed by atoms with E-state index >= 15 is 0 Å². The van der Waals surface area contributed by atoms with Crippen LogP contribution in [0.25, 0.3) is 0 Å². The van der Waals surface area contributed by atoms with Crippen LogP contribution in [0.15, 0.2) is 11.6 Å². The van der Waals surface area contributed by atoms with E-state index in [-0.39, 0.29) is 11.5 Å². The summed E-state index contributed by atoms with van der Waals surface area (Å²) < 4.78 is 0. The second kappa shape index (κ2) is 4.88. The number of hydrogen-bond donors (Lipinski definition) is 1. The van der Waals surface area contributed by atoms with Gasteiger partial charge in [-0.05, 0) is 25.2 Å². The van der Waals surface area contributed by atoms with E-state index in [4.69, 9.17) is 11.6 Å². The van der Waals surface area contributed by atoms with Crippen molar-refractivity contribution in [3.63, 3.8) is 0 Å². The highest BCUT2D eigenvalue weighted by Crippen LogP contribution is 2.35. The van der Waals surface area contributed by atoms with Crippen molar-refractivity contribution in [2.24, 2.45) is 5.41 Å². The van der Waals surface area contributed by atoms with Gasteiger partial charge >= 0.3 is 0 Å². The summed E-state index contributed by atoms with van der Waals surface area (Å²) >= 11 is 5.75. The summed E-state index contributed by atoms with van der Waals surface area (Å²) in [6.45, 7) is 9.74. The van der Waals surface area contributed by atoms with E-state index in [1.54, 1.807) is 0 Å². The van der Waals surface area contributed by atoms with Gasteiger partial charge in [0.05, 0.1) is 6.10 Å². The van der Waals surface area contributed by atoms with Gasteiger partial charge < -0.3 is 5.11 Å². The van der Waals surface area contributed by atoms with E-state index < -0.39 is 0 Å². The number of aliphatic hydroxyl groups excluding tert-OH is 1. The molecule has 1 unspecified atom stereocenters. The lowest BCUT2D eigenvalue weighted by Crippen LogP contribution is -2.21. The highest BCUT2D eigenvalue weighted by molar-refractivity contribution is 6.29. The average Bonchev–Trinajstić information content (AvgIpc) is 1.83. The molecule has 0 bridgehead atoms. The van der Waals surface area contributed by atoms with Crippen molar-refractivity contribution < 1.29 is 5.11 Å². The normalized spacial score (nSPS) is 18.4. The Kier molecular flexibility index (Phi) is 4.88. The molecule has 2 heteroatoms. The number of aliphatic hydroxyl groups is 1. The zero-order valence-electron chi connectivity index (χ0n) is 8.23. The first kappa shape index (κ1) is 12.0. The number of halogens is 1. The summed E-state index contributed by atoms with van der Waals surface area (Å²) in [5, 5.41) is 9.94. The quantitative estimate of drug-likeness (QED) is 0.705. The zero-order chi connectivity index (χ0) is 9.78. The maximum atomic E-state index is 9.26. The topological polar surface area (TPSA) is 20.2 Å². The lowest BCUT2D eigenvalue weighted by atomic mass is 9.79. The molecule has 0 rings (SSSR count). The molecule has 0 aliphatic rings. The Morgan fingerprint density at radius 3 is 2.42 bits per heavy atom. The Hall–Kier alpha value is -0.0100. The molecule has 1 nitrogen and oxygen atoms in total. The molecule has 0 aromatic carbocycles. The number of rotatable bonds is 5. The summed E-state index contributed by atoms with van der Waals surface area (Å²) in [5.74, 6) is 0. The molecule has 0 spiro atoms. The molecule has 0 saturated carbocycles. The SMILES string of the molecule is C=C(Cl)C[C@@](C)(CC)CC(C)O. The molecule has 2 atom stereocenters. The average molecular weight is 191 g/mol. The van der Waals surface area contributed by atoms with Gasteiger partial charge in [-0.25, -0.2) is 0 Å². The molecule has 0 heterocycles. The maximum absolute atomic E-state index is 9.26. The Morgan fingerprint density at radius 1 is 1.67 bits per heavy atom. The van der Waals surface area contributed by atoms with Crippen molar-refractivity contribution >= 4 is 11.6 Å². The van der Waals surface area contributed by atoms with Crippen molar-refractivity contribution in [2.45, 2.75) is 46.1 Å². The predicted octanol–water partition coefficient (Wildman–Crippen LogP) is 3.32. The molecule has 0 aliphatic heterocycles. The minimum absolute atomic E-state index is 0.104. The van der Waals surface area contributed by atoms with E-state index in [0.717, 1.165) is 19.3 Å². The largest absolute Gasteiger partial charge is 0.393 e. The molecular weight excluding hydrogens is 172 g/mol. The monoisotopic (exact) mass is 190 g/mol. The summed E-state index contributed by atoms with van der Waals surface area (Å²) in [5.41, 5.74) is 0.104. The number of allylic oxidation sites excluding steroid dienone is 1. The predicted molar refractivity (Wildman–Crippen MR) is 54.3 cm³/mol. The molecule has 0 aromatic rings. The van der Waals surface area contributed by atoms with Crippen molar-refractivity contribution in [2.75, 3.05) is 0 Å². The van der Waals surface area contributed by atoms with Crippen LogP contribution in [-0.4, -0.2) is 11.2 Å². The maximum Gasteiger partial charge on any atom is 0.0517 e. The summed E-state index contributed by atoms with van der Waals surface area (Å²) in [6.07, 6.45) is 2.33. The van der Waals surface area contributed by atoms with E-state index in [9.17, 15) is 5.11 Å². The molecule has 0 aliphatic carbocycles. The minimum Gasteiger partial charge on any atom is -0.393 e. The lowest BCUT2D eigenvalue weighted by molar-refractivity contribution is 0.118. The van der Waals surface area contributed by atoms with E-state index in [2.05, 4.69) is 20.4 Å². The Labute approximate surface area is 80.4 Å². The molecule has 0 amide bonds. The van der Waals surface area contributed by atoms with E-state index in [1.807, 2.05) is 6.92 Å². The summed E-state index contributed by atoms with van der Waals surface area (Å²) in [7, 11) is 0. The van der Waals surface area contributed by atoms with Crippen molar-refractivity contribution in [1.29, 1.82) is 0 Å². The standard InChI is InChI=1S/C10H19ClO/c1-5-10(4,6-8(2)11)7-9(3)12/h9,12H,2,5-7H2,1,3-4H3/t9?,10-/m1/s1. The molecule has 12 heavy (non-hydrogen) atoms. The summed E-state index contributed by atoms with van der Waals surface area (Å²) in [4.78, 5) is 0. The Bertz CT molecular complexity index is 154. The first-order chi connectivity index (χ1) is 5.39. The van der Waals surface area contributed by atoms with Crippen LogP contribution < -0.4 is 0 Å². The Morgan fingerprint density at radius 2 is 2.17 bits per heavy atom. The van der Waals surface area contributed by atoms with Gasteiger partial charge in [0.2, 0.25) is 0 Å². The van der Waals surface area contributed by atoms with Gasteiger partial charge in [0.1, 0.15) is 0 Å². The molecule has 0 aromatic heterocycles. The van der Waals surface area contributed by atoms with Crippen molar-refractivity contribution in [1.82, 2.24) is 0 Å². The van der Waals surface area contributed by atoms with Gasteiger partial charge in [0.15, 0.2) is 0 Å². The van der Waals surface area contributed by atoms with Gasteiger partial charge in [0.25, 0.3) is 0 Å². The number of hydrogen-bond acceptors (Lipinski definition) is 1. The van der Waals surface area contributed by atoms with Crippen LogP contribution >= 0.6 is 11.6 Å². The van der Waals surface area contributed by atoms with Gasteiger partial charge in [-0.3, -0.25) is 0 Å². The fraction of sp³-hybridized carbons (Fsp3) is 0.800. The third-order valence-corrected chi connectivity index (χ3v) is 2.39. The van der Waals surface area contributed by atoms with E-state index in [1.165, 1.54) is 0 Å². The van der Waals surface area contributed by atoms with Crippen LogP contribution in [-0.2, 0) is 0 Å². The highest BCUT2D eigenvalue weighted by atomic mass is 35.5. The van der Waals surface area contributed by atoms with Crippen LogP contribution in [0.5, 0.6) is 0 Å². The zero-order valence-corrected chi connectivity index (χ0v) is 8.99. The molecular formula is C10H19ClO. The summed E-state index contributed by atoms with van der Waals surface area (Å²) in [6, 6.07) is 0. The van der Waals surface area contributed by atoms with Crippen LogP contribution in [0, 0.1) is 5.41 Å². The second-order valence-corrected chi connectivity index (χ2v) is 4.45. The highest BCUT2D eigenvalue weighted by Gasteiger charge is 2.24. The fourth-order valence-electron chi connectivity index (χ4n) is 1.52. The fourth-order valence-corrected chi connectivity index (χ4v) is 1.84. The van der Waals surface area contributed by atoms with E-state index in [0.29, 0.717) is 5.03 Å². The van der Waals surface area contributed by atoms with Crippen LogP contribution in [0.4, 0.5) is 0 Å². The third-order valence-electron chi connectivity index (χ3n) is 2.26. The molecule has 0 fully saturated rings. The minimum atomic E-state index is -0.258. The lowest BCUT2D eigenvalue weighted by Gasteiger charge is -2.29. The first-order valence-electron chi connectivity index (χ1n) is 4.41. The molecule has 72 valence electrons. The van der Waals surface area contributed by atoms with Gasteiger partial charge in [-0.15, -0.1) is 0 Å². The van der Waals surface area contributed by atoms with Gasteiger partial charge in [-0.1, -0.05) is 38.4 Å². The van der Waals surface area contributed by atoms with Gasteiger partial charge in [-0.2, -0.15) is 0 Å². The van der Waals surface area contributed by atoms with Crippen LogP contribution in [0.3, 0.4) is 0 Å². The van der Waals surface area contributed by atoms with Crippen LogP contribution in [0.2, 0.25) is 0 Å². The van der Waals surface area contributed by atoms with Crippen LogP contribution in [0.1, 0.15) is 40.0 Å². The smallest absolute Gasteiger partial charge is 0.0517 e. The molecule has 0 saturated heterocycles. The van der Waals surface area contributed by atoms with Gasteiger partial charge in [0, 0.05) is 5.03 Å². The van der Waals surface area contributed by atoms with Crippen molar-refractivity contribution in [3.05, 3.63) is 11.6 Å².